The van der Waals surface area contributed by atoms with E-state index >= 15 is 0 Å². The van der Waals surface area contributed by atoms with Gasteiger partial charge in [0.25, 0.3) is 0 Å². The van der Waals surface area contributed by atoms with Crippen molar-refractivity contribution < 1.29 is 0 Å². The van der Waals surface area contributed by atoms with Crippen molar-refractivity contribution in [3.05, 3.63) is 139 Å². The van der Waals surface area contributed by atoms with Crippen molar-refractivity contribution in [1.29, 1.82) is 0 Å². The third kappa shape index (κ3) is 6.28. The van der Waals surface area contributed by atoms with Gasteiger partial charge >= 0.3 is 0 Å². The molecule has 3 heteroatoms. The molecule has 5 rings (SSSR count). The van der Waals surface area contributed by atoms with Gasteiger partial charge in [-0.2, -0.15) is 0 Å². The van der Waals surface area contributed by atoms with Crippen LogP contribution in [0.5, 0.6) is 0 Å². The molecule has 1 unspecified atom stereocenters. The number of hydrogen-bond acceptors (Lipinski definition) is 2. The van der Waals surface area contributed by atoms with Gasteiger partial charge in [0, 0.05) is 19.6 Å². The Hall–Kier alpha value is -2.85. The first kappa shape index (κ1) is 24.8. The molecule has 178 valence electrons. The normalized spacial score (nSPS) is 11.8. The number of hydrogen-bond donors (Lipinski definition) is 0. The van der Waals surface area contributed by atoms with Crippen LogP contribution >= 0.6 is 23.5 Å². The fourth-order valence-electron chi connectivity index (χ4n) is 3.92. The Balaban J connectivity index is 1.38. The van der Waals surface area contributed by atoms with Crippen molar-refractivity contribution in [2.24, 2.45) is 0 Å². The molecule has 0 bridgehead atoms. The van der Waals surface area contributed by atoms with Crippen LogP contribution in [-0.4, -0.2) is 0 Å². The SMILES string of the molecule is CCc1ccc(Sc2ccc([S+](c3ccccc3)c3ccc(Sc4ccc(C)cc4)cc3)cc2)cc1. The van der Waals surface area contributed by atoms with Crippen LogP contribution in [0.25, 0.3) is 0 Å². The average Bonchev–Trinajstić information content (AvgIpc) is 2.93. The molecule has 0 saturated heterocycles. The Morgan fingerprint density at radius 2 is 0.861 bits per heavy atom. The molecule has 0 aromatic heterocycles. The maximum absolute atomic E-state index is 2.30. The molecule has 0 radical (unpaired) electrons. The van der Waals surface area contributed by atoms with Crippen LogP contribution in [0.15, 0.2) is 162 Å². The van der Waals surface area contributed by atoms with Gasteiger partial charge in [0.05, 0.1) is 10.9 Å². The van der Waals surface area contributed by atoms with E-state index in [-0.39, 0.29) is 10.9 Å². The van der Waals surface area contributed by atoms with Gasteiger partial charge in [-0.05, 0) is 104 Å². The Morgan fingerprint density at radius 3 is 1.31 bits per heavy atom. The van der Waals surface area contributed by atoms with Crippen LogP contribution in [0, 0.1) is 6.92 Å². The molecule has 5 aromatic carbocycles. The average molecular weight is 522 g/mol. The van der Waals surface area contributed by atoms with Crippen molar-refractivity contribution in [3.63, 3.8) is 0 Å². The smallest absolute Gasteiger partial charge is 0.0901 e. The second-order valence-electron chi connectivity index (χ2n) is 8.58. The molecule has 0 nitrogen and oxygen atoms in total. The summed E-state index contributed by atoms with van der Waals surface area (Å²) in [5.41, 5.74) is 2.67. The lowest BCUT2D eigenvalue weighted by Crippen LogP contribution is -2.04. The van der Waals surface area contributed by atoms with Gasteiger partial charge in [0.1, 0.15) is 0 Å². The third-order valence-electron chi connectivity index (χ3n) is 5.92. The first-order valence-corrected chi connectivity index (χ1v) is 15.0. The van der Waals surface area contributed by atoms with Crippen molar-refractivity contribution >= 4 is 34.4 Å². The molecule has 0 heterocycles. The van der Waals surface area contributed by atoms with Crippen LogP contribution in [-0.2, 0) is 17.3 Å². The highest BCUT2D eigenvalue weighted by molar-refractivity contribution is 7.99. The standard InChI is InChI=1S/C33H29S3/c1-3-26-11-15-28(16-12-26)35-30-19-23-33(24-20-30)36(31-7-5-4-6-8-31)32-21-17-29(18-22-32)34-27-13-9-25(2)10-14-27/h4-24H,3H2,1-2H3/q+1. The zero-order chi connectivity index (χ0) is 24.7. The second-order valence-corrected chi connectivity index (χ2v) is 12.9. The highest BCUT2D eigenvalue weighted by Gasteiger charge is 2.28. The van der Waals surface area contributed by atoms with Gasteiger partial charge < -0.3 is 0 Å². The number of aryl methyl sites for hydroxylation is 2. The van der Waals surface area contributed by atoms with E-state index in [2.05, 4.69) is 141 Å². The number of rotatable bonds is 8. The van der Waals surface area contributed by atoms with Crippen molar-refractivity contribution in [2.75, 3.05) is 0 Å². The van der Waals surface area contributed by atoms with Crippen LogP contribution in [0.1, 0.15) is 18.1 Å². The first-order valence-electron chi connectivity index (χ1n) is 12.2. The van der Waals surface area contributed by atoms with E-state index in [0.29, 0.717) is 0 Å². The first-order chi connectivity index (χ1) is 17.7. The van der Waals surface area contributed by atoms with E-state index in [1.807, 2.05) is 23.5 Å². The van der Waals surface area contributed by atoms with E-state index in [1.54, 1.807) is 0 Å². The van der Waals surface area contributed by atoms with E-state index in [1.165, 1.54) is 45.4 Å². The summed E-state index contributed by atoms with van der Waals surface area (Å²) in [6, 6.07) is 46.7. The minimum absolute atomic E-state index is 0.150. The fourth-order valence-corrected chi connectivity index (χ4v) is 7.62. The van der Waals surface area contributed by atoms with Crippen LogP contribution in [0.3, 0.4) is 0 Å². The summed E-state index contributed by atoms with van der Waals surface area (Å²) in [6.07, 6.45) is 1.08. The quantitative estimate of drug-likeness (QED) is 0.186. The highest BCUT2D eigenvalue weighted by atomic mass is 32.2. The Morgan fingerprint density at radius 1 is 0.472 bits per heavy atom. The minimum Gasteiger partial charge on any atom is -0.0901 e. The molecule has 0 amide bonds. The Bertz CT molecular complexity index is 1370. The molecule has 0 aliphatic rings. The van der Waals surface area contributed by atoms with Gasteiger partial charge in [0.2, 0.25) is 0 Å². The summed E-state index contributed by atoms with van der Waals surface area (Å²) < 4.78 is 0. The van der Waals surface area contributed by atoms with E-state index in [0.717, 1.165) is 6.42 Å². The summed E-state index contributed by atoms with van der Waals surface area (Å²) in [4.78, 5) is 9.10. The second kappa shape index (κ2) is 11.9. The van der Waals surface area contributed by atoms with Gasteiger partial charge in [-0.1, -0.05) is 78.5 Å². The monoisotopic (exact) mass is 521 g/mol. The van der Waals surface area contributed by atoms with Gasteiger partial charge in [-0.3, -0.25) is 0 Å². The van der Waals surface area contributed by atoms with Gasteiger partial charge in [0.15, 0.2) is 14.7 Å². The van der Waals surface area contributed by atoms with Crippen molar-refractivity contribution in [1.82, 2.24) is 0 Å². The Labute approximate surface area is 226 Å². The molecule has 0 spiro atoms. The Kier molecular flexibility index (Phi) is 8.22. The molecular weight excluding hydrogens is 493 g/mol. The topological polar surface area (TPSA) is 0 Å². The largest absolute Gasteiger partial charge is 0.166 e. The molecule has 0 N–H and O–H groups in total. The number of benzene rings is 5. The molecular formula is C33H29S3+. The molecule has 0 aliphatic heterocycles. The lowest BCUT2D eigenvalue weighted by atomic mass is 10.2. The van der Waals surface area contributed by atoms with Gasteiger partial charge in [-0.15, -0.1) is 0 Å². The minimum atomic E-state index is -0.150. The molecule has 0 aliphatic carbocycles. The molecule has 5 aromatic rings. The van der Waals surface area contributed by atoms with Crippen molar-refractivity contribution in [2.45, 2.75) is 54.5 Å². The lowest BCUT2D eigenvalue weighted by molar-refractivity contribution is 1.13. The molecule has 0 saturated carbocycles. The summed E-state index contributed by atoms with van der Waals surface area (Å²) in [6.45, 7) is 4.32. The maximum Gasteiger partial charge on any atom is 0.166 e. The lowest BCUT2D eigenvalue weighted by Gasteiger charge is -2.10. The van der Waals surface area contributed by atoms with Crippen LogP contribution in [0.2, 0.25) is 0 Å². The summed E-state index contributed by atoms with van der Waals surface area (Å²) in [7, 11) is -0.150. The maximum atomic E-state index is 2.30. The molecule has 0 fully saturated rings. The predicted octanol–water partition coefficient (Wildman–Crippen LogP) is 9.96. The highest BCUT2D eigenvalue weighted by Crippen LogP contribution is 2.36. The molecule has 1 atom stereocenters. The van der Waals surface area contributed by atoms with E-state index in [4.69, 9.17) is 0 Å². The van der Waals surface area contributed by atoms with Gasteiger partial charge in [-0.25, -0.2) is 0 Å². The predicted molar refractivity (Wildman–Crippen MR) is 157 cm³/mol. The summed E-state index contributed by atoms with van der Waals surface area (Å²) in [5, 5.41) is 0. The summed E-state index contributed by atoms with van der Waals surface area (Å²) >= 11 is 3.64. The summed E-state index contributed by atoms with van der Waals surface area (Å²) in [5.74, 6) is 0. The third-order valence-corrected chi connectivity index (χ3v) is 10.2. The zero-order valence-corrected chi connectivity index (χ0v) is 23.0. The molecule has 36 heavy (non-hydrogen) atoms. The van der Waals surface area contributed by atoms with Crippen LogP contribution in [0.4, 0.5) is 0 Å². The zero-order valence-electron chi connectivity index (χ0n) is 20.6. The van der Waals surface area contributed by atoms with E-state index < -0.39 is 0 Å². The fraction of sp³-hybridized carbons (Fsp3) is 0.0909. The van der Waals surface area contributed by atoms with E-state index in [9.17, 15) is 0 Å². The van der Waals surface area contributed by atoms with Crippen molar-refractivity contribution in [3.8, 4) is 0 Å². The van der Waals surface area contributed by atoms with Crippen LogP contribution < -0.4 is 0 Å².